The first kappa shape index (κ1) is 29.5. The SMILES string of the molecule is COc1cccc2c1C(=O)c1c(O)c3c(c(O)c1C2=O)C[C@@](O)(C(=O)CO)C[C@@H]3O[C@@H]1O[C@H](C(=O)O)[C@@H](O)[C@H](O)[C@H]1O. The van der Waals surface area contributed by atoms with Crippen LogP contribution in [0.2, 0.25) is 0 Å². The number of aliphatic carboxylic acids is 1. The summed E-state index contributed by atoms with van der Waals surface area (Å²) in [5.41, 5.74) is -4.96. The van der Waals surface area contributed by atoms with Crippen LogP contribution in [0, 0.1) is 0 Å². The molecule has 42 heavy (non-hydrogen) atoms. The lowest BCUT2D eigenvalue weighted by Crippen LogP contribution is -2.60. The van der Waals surface area contributed by atoms with Crippen LogP contribution in [0.25, 0.3) is 0 Å². The van der Waals surface area contributed by atoms with Crippen LogP contribution >= 0.6 is 0 Å². The van der Waals surface area contributed by atoms with Crippen molar-refractivity contribution in [2.24, 2.45) is 0 Å². The number of ether oxygens (including phenoxy) is 3. The number of ketones is 3. The van der Waals surface area contributed by atoms with Crippen LogP contribution in [-0.2, 0) is 25.5 Å². The van der Waals surface area contributed by atoms with Crippen LogP contribution in [0.15, 0.2) is 18.2 Å². The van der Waals surface area contributed by atoms with E-state index in [1.165, 1.54) is 25.3 Å². The van der Waals surface area contributed by atoms with Crippen LogP contribution < -0.4 is 4.74 Å². The minimum Gasteiger partial charge on any atom is -0.507 e. The van der Waals surface area contributed by atoms with Gasteiger partial charge in [-0.15, -0.1) is 0 Å². The zero-order valence-corrected chi connectivity index (χ0v) is 21.8. The van der Waals surface area contributed by atoms with Crippen LogP contribution in [0.1, 0.15) is 55.5 Å². The molecule has 224 valence electrons. The normalized spacial score (nSPS) is 30.2. The van der Waals surface area contributed by atoms with E-state index < -0.39 is 119 Å². The predicted octanol–water partition coefficient (Wildman–Crippen LogP) is -1.93. The molecule has 8 N–H and O–H groups in total. The van der Waals surface area contributed by atoms with Crippen molar-refractivity contribution in [2.75, 3.05) is 13.7 Å². The van der Waals surface area contributed by atoms with E-state index in [2.05, 4.69) is 0 Å². The van der Waals surface area contributed by atoms with Crippen molar-refractivity contribution in [3.05, 3.63) is 51.6 Å². The van der Waals surface area contributed by atoms with E-state index in [1.807, 2.05) is 0 Å². The maximum absolute atomic E-state index is 13.6. The van der Waals surface area contributed by atoms with Gasteiger partial charge in [0.1, 0.15) is 47.8 Å². The Morgan fingerprint density at radius 3 is 2.29 bits per heavy atom. The fraction of sp³-hybridized carbons (Fsp3) is 0.407. The zero-order valence-electron chi connectivity index (χ0n) is 21.8. The molecule has 2 aromatic rings. The Kier molecular flexibility index (Phi) is 7.31. The third-order valence-electron chi connectivity index (χ3n) is 7.85. The Hall–Kier alpha value is -3.96. The van der Waals surface area contributed by atoms with Crippen LogP contribution in [0.5, 0.6) is 17.2 Å². The third-order valence-corrected chi connectivity index (χ3v) is 7.85. The van der Waals surface area contributed by atoms with Gasteiger partial charge in [-0.3, -0.25) is 14.4 Å². The summed E-state index contributed by atoms with van der Waals surface area (Å²) >= 11 is 0. The molecule has 1 fully saturated rings. The maximum atomic E-state index is 13.6. The van der Waals surface area contributed by atoms with Gasteiger partial charge in [-0.1, -0.05) is 12.1 Å². The molecule has 15 heteroatoms. The maximum Gasteiger partial charge on any atom is 0.335 e. The molecule has 5 rings (SSSR count). The number of phenolic OH excluding ortho intramolecular Hbond substituents is 2. The molecule has 1 aliphatic heterocycles. The van der Waals surface area contributed by atoms with E-state index >= 15 is 0 Å². The molecule has 1 saturated heterocycles. The molecule has 0 bridgehead atoms. The Labute approximate surface area is 235 Å². The van der Waals surface area contributed by atoms with E-state index in [9.17, 15) is 60.0 Å². The van der Waals surface area contributed by atoms with Gasteiger partial charge in [0.05, 0.1) is 29.9 Å². The number of phenols is 2. The van der Waals surface area contributed by atoms with Gasteiger partial charge in [-0.2, -0.15) is 0 Å². The van der Waals surface area contributed by atoms with Crippen molar-refractivity contribution in [1.82, 2.24) is 0 Å². The number of aliphatic hydroxyl groups excluding tert-OH is 4. The summed E-state index contributed by atoms with van der Waals surface area (Å²) in [5.74, 6) is -6.47. The first-order valence-corrected chi connectivity index (χ1v) is 12.6. The number of rotatable bonds is 6. The van der Waals surface area contributed by atoms with E-state index in [-0.39, 0.29) is 16.9 Å². The molecule has 2 aromatic carbocycles. The predicted molar refractivity (Wildman–Crippen MR) is 133 cm³/mol. The summed E-state index contributed by atoms with van der Waals surface area (Å²) in [6, 6.07) is 4.13. The first-order valence-electron chi connectivity index (χ1n) is 12.6. The van der Waals surface area contributed by atoms with E-state index in [0.29, 0.717) is 0 Å². The number of methoxy groups -OCH3 is 1. The highest BCUT2D eigenvalue weighted by Gasteiger charge is 2.52. The van der Waals surface area contributed by atoms with Crippen molar-refractivity contribution in [1.29, 1.82) is 0 Å². The molecular formula is C27H26O15. The molecule has 15 nitrogen and oxygen atoms in total. The second-order valence-electron chi connectivity index (χ2n) is 10.2. The minimum atomic E-state index is -2.49. The van der Waals surface area contributed by atoms with Gasteiger partial charge >= 0.3 is 5.97 Å². The van der Waals surface area contributed by atoms with Gasteiger partial charge in [-0.25, -0.2) is 4.79 Å². The average Bonchev–Trinajstić information content (AvgIpc) is 2.96. The number of carboxylic acid groups (broad SMARTS) is 1. The first-order chi connectivity index (χ1) is 19.8. The number of hydrogen-bond donors (Lipinski definition) is 8. The second kappa shape index (κ2) is 10.4. The molecule has 0 amide bonds. The number of aliphatic hydroxyl groups is 5. The van der Waals surface area contributed by atoms with Crippen LogP contribution in [-0.4, -0.2) is 114 Å². The standard InChI is InChI=1S/C27H26O15/c1-40-10-4-2-3-8-13(10)19(32)16-15(17(8)30)18(31)9-5-27(39,12(29)7-28)6-11(14(9)20(16)33)41-26-23(36)21(34)22(35)24(42-26)25(37)38/h2-4,11,21-24,26,28,31,33-36,39H,5-7H2,1H3,(H,37,38)/t11-,21-,22-,23+,24-,26+,27-/m0/s1. The van der Waals surface area contributed by atoms with E-state index in [0.717, 1.165) is 0 Å². The lowest BCUT2D eigenvalue weighted by atomic mass is 9.72. The minimum absolute atomic E-state index is 0.00480. The van der Waals surface area contributed by atoms with Gasteiger partial charge in [0.2, 0.25) is 5.78 Å². The number of benzene rings is 2. The number of carbonyl (C=O) groups excluding carboxylic acids is 3. The molecule has 1 heterocycles. The molecule has 0 radical (unpaired) electrons. The number of carboxylic acids is 1. The molecule has 2 aliphatic carbocycles. The summed E-state index contributed by atoms with van der Waals surface area (Å²) in [6.07, 6.45) is -13.7. The van der Waals surface area contributed by atoms with Gasteiger partial charge in [0.25, 0.3) is 0 Å². The van der Waals surface area contributed by atoms with Crippen LogP contribution in [0.4, 0.5) is 0 Å². The van der Waals surface area contributed by atoms with Crippen molar-refractivity contribution in [3.8, 4) is 17.2 Å². The molecule has 7 atom stereocenters. The van der Waals surface area contributed by atoms with Crippen LogP contribution in [0.3, 0.4) is 0 Å². The Bertz CT molecular complexity index is 1520. The number of hydrogen-bond acceptors (Lipinski definition) is 14. The van der Waals surface area contributed by atoms with Crippen molar-refractivity contribution >= 4 is 23.3 Å². The molecular weight excluding hydrogens is 564 g/mol. The second-order valence-corrected chi connectivity index (χ2v) is 10.2. The number of fused-ring (bicyclic) bond motifs is 3. The van der Waals surface area contributed by atoms with Gasteiger partial charge in [0.15, 0.2) is 24.0 Å². The van der Waals surface area contributed by atoms with Gasteiger partial charge < -0.3 is 55.1 Å². The summed E-state index contributed by atoms with van der Waals surface area (Å²) in [5, 5.41) is 83.5. The zero-order chi connectivity index (χ0) is 30.8. The monoisotopic (exact) mass is 590 g/mol. The Morgan fingerprint density at radius 2 is 1.67 bits per heavy atom. The fourth-order valence-electron chi connectivity index (χ4n) is 5.72. The Morgan fingerprint density at radius 1 is 1.00 bits per heavy atom. The molecule has 0 saturated carbocycles. The highest BCUT2D eigenvalue weighted by molar-refractivity contribution is 6.31. The summed E-state index contributed by atoms with van der Waals surface area (Å²) in [4.78, 5) is 51.3. The highest BCUT2D eigenvalue weighted by Crippen LogP contribution is 2.52. The fourth-order valence-corrected chi connectivity index (χ4v) is 5.72. The van der Waals surface area contributed by atoms with Crippen molar-refractivity contribution in [3.63, 3.8) is 0 Å². The summed E-state index contributed by atoms with van der Waals surface area (Å²) < 4.78 is 16.0. The van der Waals surface area contributed by atoms with Crippen molar-refractivity contribution < 1.29 is 74.2 Å². The molecule has 0 aromatic heterocycles. The largest absolute Gasteiger partial charge is 0.507 e. The summed E-state index contributed by atoms with van der Waals surface area (Å²) in [6.45, 7) is -1.17. The Balaban J connectivity index is 1.69. The topological polar surface area (TPSA) is 258 Å². The quantitative estimate of drug-likeness (QED) is 0.145. The number of aromatic hydroxyl groups is 2. The number of carbonyl (C=O) groups is 4. The molecule has 0 unspecified atom stereocenters. The average molecular weight is 590 g/mol. The molecule has 0 spiro atoms. The summed E-state index contributed by atoms with van der Waals surface area (Å²) in [7, 11) is 1.25. The smallest absolute Gasteiger partial charge is 0.335 e. The van der Waals surface area contributed by atoms with Crippen molar-refractivity contribution in [2.45, 2.75) is 55.3 Å². The lowest BCUT2D eigenvalue weighted by molar-refractivity contribution is -0.308. The lowest BCUT2D eigenvalue weighted by Gasteiger charge is -2.43. The molecule has 3 aliphatic rings. The van der Waals surface area contributed by atoms with Gasteiger partial charge in [0, 0.05) is 29.5 Å². The number of Topliss-reactive ketones (excluding diaryl/α,β-unsaturated/α-hetero) is 1. The van der Waals surface area contributed by atoms with Gasteiger partial charge in [-0.05, 0) is 6.07 Å². The third kappa shape index (κ3) is 4.25. The van der Waals surface area contributed by atoms with E-state index in [4.69, 9.17) is 14.2 Å². The highest BCUT2D eigenvalue weighted by atomic mass is 16.7. The van der Waals surface area contributed by atoms with E-state index in [1.54, 1.807) is 0 Å².